The highest BCUT2D eigenvalue weighted by Crippen LogP contribution is 1.81. The molecule has 1 unspecified atom stereocenters. The number of carbonyl (C=O) groups is 4. The predicted molar refractivity (Wildman–Crippen MR) is 46.2 cm³/mol. The third-order valence-electron chi connectivity index (χ3n) is 0.940. The van der Waals surface area contributed by atoms with E-state index in [1.807, 2.05) is 0 Å². The zero-order valence-electron chi connectivity index (χ0n) is 7.84. The van der Waals surface area contributed by atoms with Gasteiger partial charge in [0, 0.05) is 0 Å². The van der Waals surface area contributed by atoms with Crippen LogP contribution in [0.3, 0.4) is 0 Å². The van der Waals surface area contributed by atoms with Crippen molar-refractivity contribution in [1.29, 1.82) is 0 Å². The van der Waals surface area contributed by atoms with Crippen molar-refractivity contribution < 1.29 is 34.5 Å². The summed E-state index contributed by atoms with van der Waals surface area (Å²) in [7, 11) is 0. The molecule has 8 heteroatoms. The number of aliphatic carboxylic acids is 3. The second-order valence-corrected chi connectivity index (χ2v) is 2.43. The van der Waals surface area contributed by atoms with Crippen LogP contribution in [0.5, 0.6) is 0 Å². The Balaban J connectivity index is 0. The number of hydrogen-bond acceptors (Lipinski definition) is 5. The van der Waals surface area contributed by atoms with Crippen molar-refractivity contribution in [2.75, 3.05) is 0 Å². The second kappa shape index (κ2) is 7.44. The van der Waals surface area contributed by atoms with Crippen LogP contribution in [0, 0.1) is 0 Å². The SMILES string of the molecule is CC(N)C(=O)O.O=C(O)CC(=O)C(=O)O. The Hall–Kier alpha value is -1.96. The van der Waals surface area contributed by atoms with Crippen molar-refractivity contribution in [2.24, 2.45) is 5.73 Å². The van der Waals surface area contributed by atoms with Gasteiger partial charge in [-0.05, 0) is 6.92 Å². The molecule has 0 aliphatic heterocycles. The highest BCUT2D eigenvalue weighted by Gasteiger charge is 2.14. The summed E-state index contributed by atoms with van der Waals surface area (Å²) in [5.74, 6) is -5.41. The largest absolute Gasteiger partial charge is 0.481 e. The lowest BCUT2D eigenvalue weighted by molar-refractivity contribution is -0.152. The standard InChI is InChI=1S/C4H4O5.C3H7NO2/c5-2(4(8)9)1-3(6)7;1-2(4)3(5)6/h1H2,(H,6,7)(H,8,9);2H,4H2,1H3,(H,5,6). The monoisotopic (exact) mass is 221 g/mol. The first kappa shape index (κ1) is 15.5. The summed E-state index contributed by atoms with van der Waals surface area (Å²) in [5.41, 5.74) is 4.84. The summed E-state index contributed by atoms with van der Waals surface area (Å²) in [5, 5.41) is 23.5. The van der Waals surface area contributed by atoms with Gasteiger partial charge in [-0.2, -0.15) is 0 Å². The molecule has 0 aromatic heterocycles. The van der Waals surface area contributed by atoms with Gasteiger partial charge in [-0.25, -0.2) is 4.79 Å². The zero-order valence-corrected chi connectivity index (χ0v) is 7.84. The minimum atomic E-state index is -1.71. The molecule has 0 heterocycles. The Morgan fingerprint density at radius 3 is 1.53 bits per heavy atom. The van der Waals surface area contributed by atoms with Gasteiger partial charge in [-0.1, -0.05) is 0 Å². The smallest absolute Gasteiger partial charge is 0.372 e. The topological polar surface area (TPSA) is 155 Å². The molecule has 0 aliphatic carbocycles. The normalized spacial score (nSPS) is 10.5. The fourth-order valence-corrected chi connectivity index (χ4v) is 0.213. The second-order valence-electron chi connectivity index (χ2n) is 2.43. The Kier molecular flexibility index (Phi) is 7.70. The average Bonchev–Trinajstić information content (AvgIpc) is 2.03. The van der Waals surface area contributed by atoms with E-state index in [1.54, 1.807) is 0 Å². The molecule has 0 saturated heterocycles. The molecule has 86 valence electrons. The third-order valence-corrected chi connectivity index (χ3v) is 0.940. The lowest BCUT2D eigenvalue weighted by atomic mass is 10.3. The summed E-state index contributed by atoms with van der Waals surface area (Å²) in [6.07, 6.45) is -0.949. The highest BCUT2D eigenvalue weighted by atomic mass is 16.4. The summed E-state index contributed by atoms with van der Waals surface area (Å²) < 4.78 is 0. The molecule has 15 heavy (non-hydrogen) atoms. The molecule has 1 atom stereocenters. The minimum Gasteiger partial charge on any atom is -0.481 e. The first-order valence-corrected chi connectivity index (χ1v) is 3.64. The van der Waals surface area contributed by atoms with Crippen LogP contribution in [0.1, 0.15) is 13.3 Å². The van der Waals surface area contributed by atoms with Crippen LogP contribution in [0.25, 0.3) is 0 Å². The van der Waals surface area contributed by atoms with E-state index in [9.17, 15) is 19.2 Å². The van der Waals surface area contributed by atoms with E-state index in [0.29, 0.717) is 0 Å². The lowest BCUT2D eigenvalue weighted by Gasteiger charge is -1.90. The predicted octanol–water partition coefficient (Wildman–Crippen LogP) is -1.47. The van der Waals surface area contributed by atoms with Crippen molar-refractivity contribution in [3.63, 3.8) is 0 Å². The summed E-state index contributed by atoms with van der Waals surface area (Å²) in [6.45, 7) is 1.42. The number of carbonyl (C=O) groups excluding carboxylic acids is 1. The van der Waals surface area contributed by atoms with E-state index in [1.165, 1.54) is 6.92 Å². The van der Waals surface area contributed by atoms with Crippen molar-refractivity contribution >= 4 is 23.7 Å². The number of hydrogen-bond donors (Lipinski definition) is 4. The minimum absolute atomic E-state index is 0.731. The van der Waals surface area contributed by atoms with Crippen molar-refractivity contribution in [1.82, 2.24) is 0 Å². The maximum atomic E-state index is 9.97. The lowest BCUT2D eigenvalue weighted by Crippen LogP contribution is -2.25. The number of rotatable bonds is 4. The number of ketones is 1. The number of Topliss-reactive ketones (excluding diaryl/α,β-unsaturated/α-hetero) is 1. The van der Waals surface area contributed by atoms with E-state index in [4.69, 9.17) is 21.1 Å². The van der Waals surface area contributed by atoms with Gasteiger partial charge in [0.1, 0.15) is 12.5 Å². The fraction of sp³-hybridized carbons (Fsp3) is 0.429. The van der Waals surface area contributed by atoms with Crippen LogP contribution in [0.15, 0.2) is 0 Å². The van der Waals surface area contributed by atoms with E-state index < -0.39 is 36.2 Å². The molecular weight excluding hydrogens is 210 g/mol. The van der Waals surface area contributed by atoms with Crippen LogP contribution in [-0.4, -0.2) is 45.1 Å². The van der Waals surface area contributed by atoms with Gasteiger partial charge >= 0.3 is 17.9 Å². The van der Waals surface area contributed by atoms with Gasteiger partial charge in [-0.15, -0.1) is 0 Å². The number of nitrogens with two attached hydrogens (primary N) is 1. The molecule has 0 spiro atoms. The molecule has 0 aliphatic rings. The van der Waals surface area contributed by atoms with Crippen LogP contribution in [0.2, 0.25) is 0 Å². The Bertz CT molecular complexity index is 271. The maximum Gasteiger partial charge on any atom is 0.372 e. The summed E-state index contributed by atoms with van der Waals surface area (Å²) in [6, 6.07) is -0.731. The van der Waals surface area contributed by atoms with E-state index in [2.05, 4.69) is 0 Å². The van der Waals surface area contributed by atoms with Gasteiger partial charge in [0.15, 0.2) is 0 Å². The van der Waals surface area contributed by atoms with E-state index in [0.717, 1.165) is 0 Å². The van der Waals surface area contributed by atoms with Gasteiger partial charge in [0.05, 0.1) is 0 Å². The Morgan fingerprint density at radius 2 is 1.47 bits per heavy atom. The molecular formula is C7H11NO7. The number of carboxylic acids is 3. The Labute approximate surface area is 84.3 Å². The summed E-state index contributed by atoms with van der Waals surface area (Å²) in [4.78, 5) is 38.8. The molecule has 0 aromatic rings. The van der Waals surface area contributed by atoms with Crippen molar-refractivity contribution in [3.05, 3.63) is 0 Å². The summed E-state index contributed by atoms with van der Waals surface area (Å²) >= 11 is 0. The zero-order chi connectivity index (χ0) is 12.6. The molecule has 0 bridgehead atoms. The average molecular weight is 221 g/mol. The van der Waals surface area contributed by atoms with E-state index >= 15 is 0 Å². The molecule has 0 amide bonds. The van der Waals surface area contributed by atoms with Gasteiger partial charge in [-0.3, -0.25) is 14.4 Å². The van der Waals surface area contributed by atoms with Crippen LogP contribution in [-0.2, 0) is 19.2 Å². The van der Waals surface area contributed by atoms with Crippen LogP contribution < -0.4 is 5.73 Å². The highest BCUT2D eigenvalue weighted by molar-refractivity contribution is 6.35. The van der Waals surface area contributed by atoms with Crippen molar-refractivity contribution in [2.45, 2.75) is 19.4 Å². The molecule has 0 aromatic carbocycles. The van der Waals surface area contributed by atoms with Crippen molar-refractivity contribution in [3.8, 4) is 0 Å². The molecule has 0 radical (unpaired) electrons. The van der Waals surface area contributed by atoms with E-state index in [-0.39, 0.29) is 0 Å². The number of carboxylic acid groups (broad SMARTS) is 3. The van der Waals surface area contributed by atoms with Gasteiger partial charge < -0.3 is 21.1 Å². The first-order chi connectivity index (χ1) is 6.68. The molecule has 0 saturated carbocycles. The molecule has 8 nitrogen and oxygen atoms in total. The van der Waals surface area contributed by atoms with Crippen LogP contribution in [0.4, 0.5) is 0 Å². The fourth-order valence-electron chi connectivity index (χ4n) is 0.213. The molecule has 0 rings (SSSR count). The maximum absolute atomic E-state index is 9.97. The van der Waals surface area contributed by atoms with Crippen LogP contribution >= 0.6 is 0 Å². The third kappa shape index (κ3) is 12.0. The molecule has 5 N–H and O–H groups in total. The van der Waals surface area contributed by atoms with Gasteiger partial charge in [0.2, 0.25) is 0 Å². The first-order valence-electron chi connectivity index (χ1n) is 3.64. The molecule has 0 fully saturated rings. The van der Waals surface area contributed by atoms with Gasteiger partial charge in [0.25, 0.3) is 5.78 Å². The Morgan fingerprint density at radius 1 is 1.13 bits per heavy atom. The quantitative estimate of drug-likeness (QED) is 0.331.